The third-order valence-corrected chi connectivity index (χ3v) is 9.58. The highest BCUT2D eigenvalue weighted by Gasteiger charge is 2.52. The minimum Gasteiger partial charge on any atom is -0.456 e. The number of aliphatic hydroxyl groups is 1. The van der Waals surface area contributed by atoms with Gasteiger partial charge in [0.05, 0.1) is 41.4 Å². The van der Waals surface area contributed by atoms with E-state index in [1.54, 1.807) is 6.92 Å². The molecule has 2 aliphatic heterocycles. The first-order valence-electron chi connectivity index (χ1n) is 16.3. The Hall–Kier alpha value is -5.23. The number of carbonyl (C=O) groups is 3. The summed E-state index contributed by atoms with van der Waals surface area (Å²) in [5.41, 5.74) is 5.90. The molecule has 1 saturated heterocycles. The number of carbonyl (C=O) groups excluding carboxylic acids is 3. The number of H-pyrrole nitrogens is 1. The zero-order chi connectivity index (χ0) is 34.0. The molecule has 0 saturated carbocycles. The van der Waals surface area contributed by atoms with Crippen molar-refractivity contribution in [2.24, 2.45) is 0 Å². The van der Waals surface area contributed by atoms with Gasteiger partial charge in [0.2, 0.25) is 0 Å². The van der Waals surface area contributed by atoms with Crippen LogP contribution in [0, 0.1) is 0 Å². The van der Waals surface area contributed by atoms with Gasteiger partial charge in [0.25, 0.3) is 5.91 Å². The van der Waals surface area contributed by atoms with Crippen LogP contribution in [0.25, 0.3) is 43.6 Å². The number of fused-ring (bicyclic) bond motifs is 10. The van der Waals surface area contributed by atoms with Gasteiger partial charge in [-0.3, -0.25) is 14.4 Å². The molecular weight excluding hydrogens is 626 g/mol. The molecule has 0 spiro atoms. The van der Waals surface area contributed by atoms with Crippen LogP contribution in [0.2, 0.25) is 0 Å². The summed E-state index contributed by atoms with van der Waals surface area (Å²) in [7, 11) is 0. The summed E-state index contributed by atoms with van der Waals surface area (Å²) in [6.45, 7) is 4.93. The Balaban J connectivity index is 1.29. The largest absolute Gasteiger partial charge is 0.456 e. The van der Waals surface area contributed by atoms with Gasteiger partial charge in [0, 0.05) is 40.9 Å². The molecule has 4 aromatic carbocycles. The van der Waals surface area contributed by atoms with Gasteiger partial charge in [-0.15, -0.1) is 0 Å². The van der Waals surface area contributed by atoms with Crippen LogP contribution in [0.15, 0.2) is 78.9 Å². The summed E-state index contributed by atoms with van der Waals surface area (Å²) in [4.78, 5) is 43.9. The summed E-state index contributed by atoms with van der Waals surface area (Å²) in [6, 6.07) is 25.9. The zero-order valence-electron chi connectivity index (χ0n) is 27.2. The van der Waals surface area contributed by atoms with Crippen LogP contribution in [0.4, 0.5) is 0 Å². The van der Waals surface area contributed by atoms with Crippen molar-refractivity contribution in [1.29, 1.82) is 0 Å². The van der Waals surface area contributed by atoms with Gasteiger partial charge < -0.3 is 38.5 Å². The van der Waals surface area contributed by atoms with Crippen LogP contribution in [0.3, 0.4) is 0 Å². The van der Waals surface area contributed by atoms with E-state index < -0.39 is 42.6 Å². The molecule has 8 rings (SSSR count). The van der Waals surface area contributed by atoms with Gasteiger partial charge in [-0.2, -0.15) is 0 Å². The molecular formula is C38H35N3O8. The van der Waals surface area contributed by atoms with Crippen LogP contribution < -0.4 is 0 Å². The normalized spacial score (nSPS) is 22.3. The first-order chi connectivity index (χ1) is 23.7. The lowest BCUT2D eigenvalue weighted by Gasteiger charge is -2.45. The number of nitrogens with zero attached hydrogens (tertiary/aromatic N) is 2. The molecule has 1 fully saturated rings. The highest BCUT2D eigenvalue weighted by Crippen LogP contribution is 2.46. The molecule has 2 N–H and O–H groups in total. The summed E-state index contributed by atoms with van der Waals surface area (Å²) < 4.78 is 25.6. The molecule has 49 heavy (non-hydrogen) atoms. The van der Waals surface area contributed by atoms with Gasteiger partial charge >= 0.3 is 11.9 Å². The summed E-state index contributed by atoms with van der Waals surface area (Å²) >= 11 is 0. The molecule has 1 amide bonds. The molecule has 6 aromatic rings. The van der Waals surface area contributed by atoms with E-state index in [4.69, 9.17) is 18.9 Å². The fraction of sp³-hybridized carbons (Fsp3) is 0.289. The lowest BCUT2D eigenvalue weighted by molar-refractivity contribution is -0.259. The van der Waals surface area contributed by atoms with E-state index in [2.05, 4.69) is 9.55 Å². The van der Waals surface area contributed by atoms with Gasteiger partial charge in [0.15, 0.2) is 18.4 Å². The Morgan fingerprint density at radius 3 is 2.33 bits per heavy atom. The molecule has 2 aromatic heterocycles. The number of para-hydroxylation sites is 2. The van der Waals surface area contributed by atoms with Crippen LogP contribution >= 0.6 is 0 Å². The molecule has 0 bridgehead atoms. The molecule has 11 nitrogen and oxygen atoms in total. The minimum absolute atomic E-state index is 0.123. The van der Waals surface area contributed by atoms with Crippen molar-refractivity contribution in [3.8, 4) is 0 Å². The van der Waals surface area contributed by atoms with Gasteiger partial charge in [-0.1, -0.05) is 66.7 Å². The van der Waals surface area contributed by atoms with Crippen molar-refractivity contribution < 1.29 is 38.4 Å². The maximum Gasteiger partial charge on any atom is 0.303 e. The van der Waals surface area contributed by atoms with E-state index in [1.165, 1.54) is 18.7 Å². The number of amides is 1. The number of nitrogens with one attached hydrogen (secondary N) is 1. The van der Waals surface area contributed by atoms with E-state index in [0.717, 1.165) is 54.7 Å². The predicted octanol–water partition coefficient (Wildman–Crippen LogP) is 5.53. The van der Waals surface area contributed by atoms with Crippen molar-refractivity contribution in [1.82, 2.24) is 14.5 Å². The number of rotatable bonds is 7. The molecule has 0 radical (unpaired) electrons. The number of ether oxygens (including phenoxy) is 4. The van der Waals surface area contributed by atoms with E-state index in [1.807, 2.05) is 78.9 Å². The third kappa shape index (κ3) is 5.04. The van der Waals surface area contributed by atoms with Crippen LogP contribution in [0.5, 0.6) is 0 Å². The van der Waals surface area contributed by atoms with E-state index in [0.29, 0.717) is 12.2 Å². The molecule has 4 heterocycles. The zero-order valence-corrected chi connectivity index (χ0v) is 27.2. The fourth-order valence-electron chi connectivity index (χ4n) is 7.61. The second-order valence-electron chi connectivity index (χ2n) is 12.7. The van der Waals surface area contributed by atoms with Gasteiger partial charge in [-0.05, 0) is 30.2 Å². The Bertz CT molecular complexity index is 2280. The monoisotopic (exact) mass is 661 g/mol. The van der Waals surface area contributed by atoms with Crippen molar-refractivity contribution in [2.45, 2.75) is 71.3 Å². The summed E-state index contributed by atoms with van der Waals surface area (Å²) in [6.07, 6.45) is -5.79. The standard InChI is InChI=1S/C38H35N3O8/c1-20-35(48-21(2)42)36(49-22(3)43)34(44)38(47-20)40-17-26-29-25-14-8-10-16-28(25)41(19-46-18-23-11-5-4-6-12-23)33(29)32-30(31(26)37(40)45)24-13-7-9-15-27(24)39-32/h4-16,20,34-36,38-39,44H,17-19H2,1-3H3/t20-,34-,35-,36-,38-/m0/s1. The topological polar surface area (TPSA) is 132 Å². The Kier molecular flexibility index (Phi) is 7.62. The highest BCUT2D eigenvalue weighted by molar-refractivity contribution is 6.30. The predicted molar refractivity (Wildman–Crippen MR) is 181 cm³/mol. The van der Waals surface area contributed by atoms with Crippen LogP contribution in [-0.4, -0.2) is 68.0 Å². The van der Waals surface area contributed by atoms with Crippen LogP contribution in [0.1, 0.15) is 42.3 Å². The van der Waals surface area contributed by atoms with Crippen molar-refractivity contribution in [3.05, 3.63) is 95.6 Å². The smallest absolute Gasteiger partial charge is 0.303 e. The number of aromatic nitrogens is 2. The number of benzene rings is 4. The third-order valence-electron chi connectivity index (χ3n) is 9.58. The van der Waals surface area contributed by atoms with E-state index >= 15 is 0 Å². The summed E-state index contributed by atoms with van der Waals surface area (Å²) in [5.74, 6) is -1.59. The lowest BCUT2D eigenvalue weighted by Crippen LogP contribution is -2.63. The van der Waals surface area contributed by atoms with E-state index in [9.17, 15) is 19.5 Å². The Labute approximate surface area is 280 Å². The maximum atomic E-state index is 14.7. The highest BCUT2D eigenvalue weighted by atomic mass is 16.6. The second-order valence-corrected chi connectivity index (χ2v) is 12.7. The Morgan fingerprint density at radius 1 is 0.898 bits per heavy atom. The average Bonchev–Trinajstić information content (AvgIpc) is 3.74. The lowest BCUT2D eigenvalue weighted by atomic mass is 9.97. The molecule has 0 aliphatic carbocycles. The molecule has 11 heteroatoms. The minimum atomic E-state index is -1.50. The number of aromatic amines is 1. The number of hydrogen-bond acceptors (Lipinski definition) is 8. The molecule has 0 unspecified atom stereocenters. The number of aliphatic hydroxyl groups excluding tert-OH is 1. The quantitative estimate of drug-likeness (QED) is 0.214. The van der Waals surface area contributed by atoms with Crippen molar-refractivity contribution in [3.63, 3.8) is 0 Å². The van der Waals surface area contributed by atoms with Crippen molar-refractivity contribution in [2.75, 3.05) is 0 Å². The first kappa shape index (κ1) is 31.1. The van der Waals surface area contributed by atoms with Crippen molar-refractivity contribution >= 4 is 61.5 Å². The molecule has 250 valence electrons. The maximum absolute atomic E-state index is 14.7. The first-order valence-corrected chi connectivity index (χ1v) is 16.3. The van der Waals surface area contributed by atoms with Gasteiger partial charge in [-0.25, -0.2) is 0 Å². The van der Waals surface area contributed by atoms with Crippen LogP contribution in [-0.2, 0) is 48.4 Å². The average molecular weight is 662 g/mol. The number of esters is 2. The van der Waals surface area contributed by atoms with E-state index in [-0.39, 0.29) is 19.2 Å². The number of hydrogen-bond donors (Lipinski definition) is 2. The SMILES string of the molecule is CC(=O)O[C@@H]1[C@@H](OC(C)=O)[C@H](O)[C@@H](N2Cc3c(c4c5ccccc5[nH]c4c4c3c3ccccc3n4COCc3ccccc3)C2=O)O[C@H]1C. The second kappa shape index (κ2) is 12.0. The molecule has 2 aliphatic rings. The van der Waals surface area contributed by atoms with Gasteiger partial charge in [0.1, 0.15) is 12.8 Å². The molecule has 5 atom stereocenters. The Morgan fingerprint density at radius 2 is 1.57 bits per heavy atom. The fourth-order valence-corrected chi connectivity index (χ4v) is 7.61. The summed E-state index contributed by atoms with van der Waals surface area (Å²) in [5, 5.41) is 15.2.